The van der Waals surface area contributed by atoms with Crippen molar-refractivity contribution in [2.45, 2.75) is 6.10 Å². The van der Waals surface area contributed by atoms with Crippen LogP contribution in [-0.2, 0) is 4.74 Å². The van der Waals surface area contributed by atoms with Crippen molar-refractivity contribution in [1.29, 1.82) is 0 Å². The largest absolute Gasteiger partial charge is 0.674 e. The molecule has 1 aromatic heterocycles. The molecule has 0 spiro atoms. The Kier molecular flexibility index (Phi) is 6.88. The van der Waals surface area contributed by atoms with Gasteiger partial charge < -0.3 is 15.8 Å². The Morgan fingerprint density at radius 2 is 2.24 bits per heavy atom. The van der Waals surface area contributed by atoms with E-state index in [0.29, 0.717) is 5.69 Å². The number of anilines is 2. The van der Waals surface area contributed by atoms with Crippen LogP contribution in [-0.4, -0.2) is 36.2 Å². The second-order valence-electron chi connectivity index (χ2n) is 5.18. The molecule has 0 bridgehead atoms. The van der Waals surface area contributed by atoms with Crippen LogP contribution in [0, 0.1) is 49.9 Å². The summed E-state index contributed by atoms with van der Waals surface area (Å²) >= 11 is 0. The average molecular weight is 556 g/mol. The van der Waals surface area contributed by atoms with Gasteiger partial charge in [0.15, 0.2) is 0 Å². The predicted molar refractivity (Wildman–Crippen MR) is 85.4 cm³/mol. The second-order valence-corrected chi connectivity index (χ2v) is 5.18. The van der Waals surface area contributed by atoms with Gasteiger partial charge >= 0.3 is 6.09 Å². The number of hydrogen-bond donors (Lipinski definition) is 1. The Bertz CT molecular complexity index is 775. The molecule has 0 aliphatic carbocycles. The molecule has 0 unspecified atom stereocenters. The van der Waals surface area contributed by atoms with Gasteiger partial charge in [-0.1, -0.05) is 0 Å². The van der Waals surface area contributed by atoms with E-state index in [4.69, 9.17) is 10.5 Å². The van der Waals surface area contributed by atoms with Crippen LogP contribution in [0.1, 0.15) is 10.4 Å². The minimum Gasteiger partial charge on any atom is -0.674 e. The molecule has 1 saturated heterocycles. The number of ether oxygens (including phenoxy) is 1. The Labute approximate surface area is 179 Å². The van der Waals surface area contributed by atoms with E-state index < -0.39 is 23.9 Å². The van der Waals surface area contributed by atoms with E-state index in [1.54, 1.807) is 18.3 Å². The summed E-state index contributed by atoms with van der Waals surface area (Å²) in [6.45, 7) is 0.124. The standard InChI is InChI=1S/C16H14FN4O3.Ac/c17-14-6-11(21-9-12(7-18)24-16(21)23)3-4-13(14)15(22)20-10-2-1-5-19-8-10;/h1-6,8,12,18H,7,9H2,(H,20,22);/q-1;/t12-;/m0./s1. The minimum atomic E-state index is -0.754. The van der Waals surface area contributed by atoms with Gasteiger partial charge in [-0.3, -0.25) is 14.7 Å². The maximum atomic E-state index is 14.3. The first-order valence-corrected chi connectivity index (χ1v) is 7.22. The number of nitrogens with zero attached hydrogens (tertiary/aromatic N) is 2. The molecule has 2 amide bonds. The minimum absolute atomic E-state index is 0. The summed E-state index contributed by atoms with van der Waals surface area (Å²) in [6, 6.07) is 7.16. The number of nitrogens with one attached hydrogen (secondary N) is 2. The summed E-state index contributed by atoms with van der Waals surface area (Å²) in [6.07, 6.45) is 1.85. The fraction of sp³-hybridized carbons (Fsp3) is 0.188. The first-order chi connectivity index (χ1) is 11.6. The number of carbonyl (C=O) groups excluding carboxylic acids is 2. The van der Waals surface area contributed by atoms with Gasteiger partial charge in [0, 0.05) is 50.3 Å². The van der Waals surface area contributed by atoms with E-state index in [0.717, 1.165) is 6.07 Å². The molecular formula is C16H14AcFN4O3-. The smallest absolute Gasteiger partial charge is 0.414 e. The van der Waals surface area contributed by atoms with Gasteiger partial charge in [0.2, 0.25) is 0 Å². The molecule has 1 aromatic carbocycles. The molecule has 2 heterocycles. The maximum Gasteiger partial charge on any atom is 0.414 e. The Hall–Kier alpha value is -1.56. The molecule has 2 N–H and O–H groups in total. The summed E-state index contributed by atoms with van der Waals surface area (Å²) in [7, 11) is 0. The zero-order valence-corrected chi connectivity index (χ0v) is 17.9. The van der Waals surface area contributed by atoms with E-state index >= 15 is 0 Å². The zero-order valence-electron chi connectivity index (χ0n) is 13.1. The molecule has 2 aromatic rings. The zero-order chi connectivity index (χ0) is 17.1. The molecule has 127 valence electrons. The van der Waals surface area contributed by atoms with Crippen LogP contribution < -0.4 is 10.2 Å². The first kappa shape index (κ1) is 19.8. The van der Waals surface area contributed by atoms with Crippen LogP contribution in [0.3, 0.4) is 0 Å². The third kappa shape index (κ3) is 4.54. The SMILES string of the molecule is [Ac].[NH-]C[C@H]1CN(c2ccc(C(=O)Nc3cccnc3)c(F)c2)C(=O)O1. The van der Waals surface area contributed by atoms with E-state index in [1.807, 2.05) is 0 Å². The van der Waals surface area contributed by atoms with Crippen molar-refractivity contribution in [3.8, 4) is 0 Å². The number of pyridine rings is 1. The van der Waals surface area contributed by atoms with Gasteiger partial charge in [-0.05, 0) is 30.3 Å². The number of hydrogen-bond acceptors (Lipinski definition) is 4. The van der Waals surface area contributed by atoms with Crippen molar-refractivity contribution in [3.05, 3.63) is 59.8 Å². The number of rotatable bonds is 4. The number of amides is 2. The van der Waals surface area contributed by atoms with Crippen LogP contribution in [0.5, 0.6) is 0 Å². The summed E-state index contributed by atoms with van der Waals surface area (Å²) in [4.78, 5) is 29.0. The molecule has 1 aliphatic heterocycles. The molecule has 9 heteroatoms. The Morgan fingerprint density at radius 1 is 1.44 bits per heavy atom. The van der Waals surface area contributed by atoms with E-state index in [-0.39, 0.29) is 68.4 Å². The molecule has 1 atom stereocenters. The number of cyclic esters (lactones) is 1. The van der Waals surface area contributed by atoms with Crippen LogP contribution in [0.2, 0.25) is 0 Å². The summed E-state index contributed by atoms with van der Waals surface area (Å²) < 4.78 is 19.2. The third-order valence-electron chi connectivity index (χ3n) is 3.53. The third-order valence-corrected chi connectivity index (χ3v) is 3.53. The van der Waals surface area contributed by atoms with E-state index in [1.165, 1.54) is 23.2 Å². The predicted octanol–water partition coefficient (Wildman–Crippen LogP) is 2.85. The summed E-state index contributed by atoms with van der Waals surface area (Å²) in [5.41, 5.74) is 7.83. The van der Waals surface area contributed by atoms with Gasteiger partial charge in [0.05, 0.1) is 29.7 Å². The number of aromatic nitrogens is 1. The fourth-order valence-corrected chi connectivity index (χ4v) is 2.33. The van der Waals surface area contributed by atoms with Crippen LogP contribution in [0.15, 0.2) is 42.7 Å². The number of benzene rings is 1. The topological polar surface area (TPSA) is 95.3 Å². The van der Waals surface area contributed by atoms with Gasteiger partial charge in [-0.2, -0.15) is 0 Å². The molecule has 7 nitrogen and oxygen atoms in total. The van der Waals surface area contributed by atoms with Crippen molar-refractivity contribution < 1.29 is 62.8 Å². The van der Waals surface area contributed by atoms with Crippen molar-refractivity contribution in [1.82, 2.24) is 4.98 Å². The average Bonchev–Trinajstić information content (AvgIpc) is 2.96. The summed E-state index contributed by atoms with van der Waals surface area (Å²) in [5, 5.41) is 2.54. The van der Waals surface area contributed by atoms with Crippen LogP contribution >= 0.6 is 0 Å². The monoisotopic (exact) mass is 556 g/mol. The molecule has 3 rings (SSSR count). The molecular weight excluding hydrogens is 542 g/mol. The normalized spacial score (nSPS) is 16.2. The van der Waals surface area contributed by atoms with Gasteiger partial charge in [0.25, 0.3) is 5.91 Å². The van der Waals surface area contributed by atoms with E-state index in [2.05, 4.69) is 10.3 Å². The van der Waals surface area contributed by atoms with Gasteiger partial charge in [-0.25, -0.2) is 9.18 Å². The van der Waals surface area contributed by atoms with Crippen LogP contribution in [0.4, 0.5) is 20.6 Å². The molecule has 1 fully saturated rings. The number of halogens is 1. The maximum absolute atomic E-state index is 14.3. The molecule has 25 heavy (non-hydrogen) atoms. The summed E-state index contributed by atoms with van der Waals surface area (Å²) in [5.74, 6) is -1.36. The van der Waals surface area contributed by atoms with E-state index in [9.17, 15) is 14.0 Å². The van der Waals surface area contributed by atoms with Gasteiger partial charge in [0.1, 0.15) is 11.9 Å². The number of carbonyl (C=O) groups is 2. The van der Waals surface area contributed by atoms with Crippen molar-refractivity contribution in [3.63, 3.8) is 0 Å². The second kappa shape index (κ2) is 8.70. The Balaban J connectivity index is 0.00000225. The Morgan fingerprint density at radius 3 is 2.84 bits per heavy atom. The van der Waals surface area contributed by atoms with Gasteiger partial charge in [-0.15, -0.1) is 6.54 Å². The van der Waals surface area contributed by atoms with Crippen LogP contribution in [0.25, 0.3) is 5.73 Å². The fourth-order valence-electron chi connectivity index (χ4n) is 2.33. The van der Waals surface area contributed by atoms with Crippen molar-refractivity contribution in [2.75, 3.05) is 23.3 Å². The molecule has 1 aliphatic rings. The first-order valence-electron chi connectivity index (χ1n) is 7.22. The quantitative estimate of drug-likeness (QED) is 0.627. The molecule has 0 saturated carbocycles. The van der Waals surface area contributed by atoms with Crippen molar-refractivity contribution >= 4 is 23.4 Å². The van der Waals surface area contributed by atoms with Crippen molar-refractivity contribution in [2.24, 2.45) is 0 Å². The molecule has 1 radical (unpaired) electrons.